The van der Waals surface area contributed by atoms with E-state index < -0.39 is 43.6 Å². The quantitative estimate of drug-likeness (QED) is 0.127. The fourth-order valence-corrected chi connectivity index (χ4v) is 6.32. The number of pyridine rings is 1. The summed E-state index contributed by atoms with van der Waals surface area (Å²) in [6.07, 6.45) is -0.887. The Kier molecular flexibility index (Phi) is 9.79. The van der Waals surface area contributed by atoms with Crippen molar-refractivity contribution in [2.45, 2.75) is 44.4 Å². The SMILES string of the molecule is CCOP(=O)(O)CNc1ncnc2c1ncn2Cc1cc(-c2cc(F)c(OC)cc2F)ncc1N1CCC[C@](N)([C@H](O)C(F)F)C1. The van der Waals surface area contributed by atoms with Gasteiger partial charge in [-0.15, -0.1) is 0 Å². The van der Waals surface area contributed by atoms with Crippen LogP contribution in [-0.4, -0.2) is 85.7 Å². The number of anilines is 2. The highest BCUT2D eigenvalue weighted by Gasteiger charge is 2.43. The number of nitrogens with one attached hydrogen (secondary N) is 1. The minimum Gasteiger partial charge on any atom is -0.494 e. The van der Waals surface area contributed by atoms with E-state index in [4.69, 9.17) is 15.0 Å². The van der Waals surface area contributed by atoms with Gasteiger partial charge in [-0.25, -0.2) is 32.5 Å². The van der Waals surface area contributed by atoms with Gasteiger partial charge in [0.05, 0.1) is 49.7 Å². The average Bonchev–Trinajstić information content (AvgIpc) is 3.43. The van der Waals surface area contributed by atoms with Gasteiger partial charge in [-0.3, -0.25) is 9.55 Å². The van der Waals surface area contributed by atoms with Crippen molar-refractivity contribution in [2.75, 3.05) is 43.3 Å². The number of ether oxygens (including phenoxy) is 1. The molecule has 3 aromatic heterocycles. The number of aliphatic hydroxyl groups excluding tert-OH is 1. The van der Waals surface area contributed by atoms with Crippen LogP contribution in [0.15, 0.2) is 37.1 Å². The van der Waals surface area contributed by atoms with Crippen LogP contribution in [0.4, 0.5) is 29.1 Å². The summed E-state index contributed by atoms with van der Waals surface area (Å²) in [7, 11) is -2.72. The average molecular weight is 669 g/mol. The topological polar surface area (TPSA) is 174 Å². The Hall–Kier alpha value is -3.89. The molecule has 4 heterocycles. The number of benzene rings is 1. The summed E-state index contributed by atoms with van der Waals surface area (Å²) in [6.45, 7) is 1.94. The molecule has 0 radical (unpaired) electrons. The molecule has 0 amide bonds. The molecule has 0 aliphatic carbocycles. The fraction of sp³-hybridized carbons (Fsp3) is 0.429. The Balaban J connectivity index is 1.55. The third-order valence-electron chi connectivity index (χ3n) is 7.73. The highest BCUT2D eigenvalue weighted by Crippen LogP contribution is 2.41. The van der Waals surface area contributed by atoms with E-state index in [0.717, 1.165) is 12.1 Å². The number of hydrogen-bond donors (Lipinski definition) is 4. The van der Waals surface area contributed by atoms with Gasteiger partial charge in [0.25, 0.3) is 6.43 Å². The van der Waals surface area contributed by atoms with Crippen LogP contribution < -0.4 is 20.7 Å². The largest absolute Gasteiger partial charge is 0.494 e. The van der Waals surface area contributed by atoms with Crippen molar-refractivity contribution in [3.8, 4) is 17.0 Å². The Morgan fingerprint density at radius 2 is 1.96 bits per heavy atom. The molecule has 5 rings (SSSR count). The van der Waals surface area contributed by atoms with E-state index in [0.29, 0.717) is 29.9 Å². The van der Waals surface area contributed by atoms with E-state index in [1.165, 1.54) is 32.0 Å². The van der Waals surface area contributed by atoms with Gasteiger partial charge in [-0.2, -0.15) is 0 Å². The zero-order chi connectivity index (χ0) is 33.2. The summed E-state index contributed by atoms with van der Waals surface area (Å²) < 4.78 is 80.3. The number of fused-ring (bicyclic) bond motifs is 1. The summed E-state index contributed by atoms with van der Waals surface area (Å²) in [5.41, 5.74) is 6.18. The van der Waals surface area contributed by atoms with E-state index in [1.807, 2.05) is 0 Å². The Bertz CT molecular complexity index is 1760. The van der Waals surface area contributed by atoms with Crippen LogP contribution in [0.2, 0.25) is 0 Å². The fourth-order valence-electron chi connectivity index (χ4n) is 5.47. The number of methoxy groups -OCH3 is 1. The van der Waals surface area contributed by atoms with Crippen molar-refractivity contribution < 1.29 is 41.4 Å². The number of nitrogens with zero attached hydrogens (tertiary/aromatic N) is 6. The van der Waals surface area contributed by atoms with Crippen molar-refractivity contribution in [1.29, 1.82) is 0 Å². The molecular weight excluding hydrogens is 635 g/mol. The normalized spacial score (nSPS) is 19.0. The van der Waals surface area contributed by atoms with Gasteiger partial charge in [-0.1, -0.05) is 0 Å². The van der Waals surface area contributed by atoms with Crippen LogP contribution in [0.1, 0.15) is 25.3 Å². The molecule has 248 valence electrons. The summed E-state index contributed by atoms with van der Waals surface area (Å²) in [5, 5.41) is 13.0. The first-order valence-corrected chi connectivity index (χ1v) is 16.0. The lowest BCUT2D eigenvalue weighted by atomic mass is 9.84. The van der Waals surface area contributed by atoms with Gasteiger partial charge in [-0.05, 0) is 37.5 Å². The molecule has 1 aromatic carbocycles. The molecule has 18 heteroatoms. The lowest BCUT2D eigenvalue weighted by Gasteiger charge is -2.44. The molecule has 1 unspecified atom stereocenters. The Morgan fingerprint density at radius 3 is 2.67 bits per heavy atom. The maximum Gasteiger partial charge on any atom is 0.347 e. The van der Waals surface area contributed by atoms with Gasteiger partial charge in [0.2, 0.25) is 0 Å². The zero-order valence-corrected chi connectivity index (χ0v) is 25.8. The minimum absolute atomic E-state index is 0.0377. The summed E-state index contributed by atoms with van der Waals surface area (Å²) in [5.74, 6) is -1.69. The second kappa shape index (κ2) is 13.5. The molecule has 0 saturated carbocycles. The van der Waals surface area contributed by atoms with Crippen molar-refractivity contribution in [3.05, 3.63) is 54.2 Å². The van der Waals surface area contributed by atoms with Crippen LogP contribution in [-0.2, 0) is 15.6 Å². The molecule has 1 saturated heterocycles. The molecule has 0 spiro atoms. The minimum atomic E-state index is -3.94. The number of piperidine rings is 1. The number of aliphatic hydroxyl groups is 1. The Labute approximate surface area is 260 Å². The van der Waals surface area contributed by atoms with Crippen LogP contribution in [0.25, 0.3) is 22.4 Å². The van der Waals surface area contributed by atoms with Gasteiger partial charge in [0, 0.05) is 24.7 Å². The highest BCUT2D eigenvalue weighted by atomic mass is 31.2. The number of halogens is 4. The number of rotatable bonds is 12. The van der Waals surface area contributed by atoms with Gasteiger partial charge < -0.3 is 39.8 Å². The summed E-state index contributed by atoms with van der Waals surface area (Å²) >= 11 is 0. The first-order valence-electron chi connectivity index (χ1n) is 14.2. The van der Waals surface area contributed by atoms with Crippen molar-refractivity contribution in [1.82, 2.24) is 24.5 Å². The van der Waals surface area contributed by atoms with E-state index in [9.17, 15) is 27.7 Å². The van der Waals surface area contributed by atoms with Gasteiger partial charge in [0.15, 0.2) is 23.0 Å². The molecule has 0 bridgehead atoms. The molecule has 1 aliphatic rings. The molecule has 1 aliphatic heterocycles. The third-order valence-corrected chi connectivity index (χ3v) is 8.95. The molecule has 13 nitrogen and oxygen atoms in total. The maximum absolute atomic E-state index is 15.1. The lowest BCUT2D eigenvalue weighted by Crippen LogP contribution is -2.63. The second-order valence-electron chi connectivity index (χ2n) is 10.9. The van der Waals surface area contributed by atoms with Crippen LogP contribution in [0, 0.1) is 11.6 Å². The van der Waals surface area contributed by atoms with Crippen molar-refractivity contribution >= 4 is 30.3 Å². The van der Waals surface area contributed by atoms with E-state index >= 15 is 4.39 Å². The van der Waals surface area contributed by atoms with Gasteiger partial charge >= 0.3 is 7.60 Å². The van der Waals surface area contributed by atoms with Crippen molar-refractivity contribution in [2.24, 2.45) is 5.73 Å². The highest BCUT2D eigenvalue weighted by molar-refractivity contribution is 7.52. The lowest BCUT2D eigenvalue weighted by molar-refractivity contribution is -0.0529. The first kappa shape index (κ1) is 33.5. The zero-order valence-electron chi connectivity index (χ0n) is 24.9. The third kappa shape index (κ3) is 6.93. The second-order valence-corrected chi connectivity index (χ2v) is 12.7. The number of aromatic nitrogens is 5. The van der Waals surface area contributed by atoms with E-state index in [1.54, 1.807) is 16.4 Å². The summed E-state index contributed by atoms with van der Waals surface area (Å²) in [4.78, 5) is 28.9. The van der Waals surface area contributed by atoms with E-state index in [-0.39, 0.29) is 54.5 Å². The molecule has 46 heavy (non-hydrogen) atoms. The molecule has 3 atom stereocenters. The number of imidazole rings is 1. The van der Waals surface area contributed by atoms with Crippen molar-refractivity contribution in [3.63, 3.8) is 0 Å². The Morgan fingerprint density at radius 1 is 1.17 bits per heavy atom. The van der Waals surface area contributed by atoms with Gasteiger partial charge in [0.1, 0.15) is 30.1 Å². The maximum atomic E-state index is 15.1. The predicted molar refractivity (Wildman–Crippen MR) is 161 cm³/mol. The number of nitrogens with two attached hydrogens (primary N) is 1. The molecular formula is C28H33F4N8O5P. The van der Waals surface area contributed by atoms with Crippen LogP contribution in [0.5, 0.6) is 5.75 Å². The molecule has 1 fully saturated rings. The van der Waals surface area contributed by atoms with E-state index in [2.05, 4.69) is 25.3 Å². The first-order chi connectivity index (χ1) is 21.9. The van der Waals surface area contributed by atoms with Crippen LogP contribution in [0.3, 0.4) is 0 Å². The van der Waals surface area contributed by atoms with Crippen LogP contribution >= 0.6 is 7.60 Å². The predicted octanol–water partition coefficient (Wildman–Crippen LogP) is 3.74. The number of hydrogen-bond acceptors (Lipinski definition) is 11. The monoisotopic (exact) mass is 668 g/mol. The summed E-state index contributed by atoms with van der Waals surface area (Å²) in [6, 6.07) is 3.40. The number of alkyl halides is 2. The standard InChI is InChI=1S/C28H33F4N8O5P/c1-3-45-46(42,43)15-38-26-23-27(36-13-35-26)40(14-37-23)11-16-7-20(17-8-19(30)22(44-2)9-18(17)29)34-10-21(16)39-6-4-5-28(33,12-39)24(41)25(31)32/h7-10,13-14,24-25,41H,3-6,11-12,15,33H2,1-2H3,(H,42,43)(H,35,36,38)/t24-,28-/m1/s1. The smallest absolute Gasteiger partial charge is 0.347 e. The molecule has 5 N–H and O–H groups in total. The molecule has 4 aromatic rings.